The summed E-state index contributed by atoms with van der Waals surface area (Å²) in [5.74, 6) is 0.589. The Balaban J connectivity index is 3.00. The minimum absolute atomic E-state index is 0.356. The van der Waals surface area contributed by atoms with Crippen LogP contribution in [0.2, 0.25) is 5.02 Å². The van der Waals surface area contributed by atoms with Crippen molar-refractivity contribution in [2.75, 3.05) is 12.9 Å². The molecule has 0 atom stereocenters. The van der Waals surface area contributed by atoms with E-state index in [9.17, 15) is 4.79 Å². The Morgan fingerprint density at radius 3 is 2.79 bits per heavy atom. The lowest BCUT2D eigenvalue weighted by Gasteiger charge is -2.03. The molecule has 0 spiro atoms. The van der Waals surface area contributed by atoms with Crippen molar-refractivity contribution < 1.29 is 9.53 Å². The van der Waals surface area contributed by atoms with Gasteiger partial charge in [0, 0.05) is 9.92 Å². The van der Waals surface area contributed by atoms with Crippen LogP contribution in [-0.2, 0) is 4.74 Å². The molecular formula is C10H11ClO2S. The summed E-state index contributed by atoms with van der Waals surface area (Å²) in [5, 5.41) is 0.559. The van der Waals surface area contributed by atoms with Crippen LogP contribution in [0.15, 0.2) is 23.1 Å². The van der Waals surface area contributed by atoms with Gasteiger partial charge in [-0.3, -0.25) is 0 Å². The van der Waals surface area contributed by atoms with Crippen molar-refractivity contribution in [3.63, 3.8) is 0 Å². The van der Waals surface area contributed by atoms with Crippen molar-refractivity contribution in [1.29, 1.82) is 0 Å². The van der Waals surface area contributed by atoms with Crippen LogP contribution < -0.4 is 0 Å². The number of halogens is 1. The Hall–Kier alpha value is -0.670. The molecule has 0 radical (unpaired) electrons. The Labute approximate surface area is 92.6 Å². The number of benzene rings is 1. The highest BCUT2D eigenvalue weighted by molar-refractivity contribution is 7.99. The zero-order valence-electron chi connectivity index (χ0n) is 8.04. The molecule has 4 heteroatoms. The molecule has 2 nitrogen and oxygen atoms in total. The zero-order valence-corrected chi connectivity index (χ0v) is 9.61. The van der Waals surface area contributed by atoms with Gasteiger partial charge in [-0.05, 0) is 24.0 Å². The van der Waals surface area contributed by atoms with Gasteiger partial charge in [0.2, 0.25) is 0 Å². The summed E-state index contributed by atoms with van der Waals surface area (Å²) in [5.41, 5.74) is 0.496. The van der Waals surface area contributed by atoms with Crippen molar-refractivity contribution >= 4 is 29.3 Å². The van der Waals surface area contributed by atoms with Gasteiger partial charge in [-0.2, -0.15) is 0 Å². The standard InChI is InChI=1S/C10H11ClO2S/c1-3-14-9-5-7(10(12)13-2)4-8(11)6-9/h4-6H,3H2,1-2H3. The van der Waals surface area contributed by atoms with E-state index in [1.54, 1.807) is 23.9 Å². The molecule has 0 aliphatic heterocycles. The third-order valence-electron chi connectivity index (χ3n) is 1.60. The number of esters is 1. The first-order valence-electron chi connectivity index (χ1n) is 4.19. The van der Waals surface area contributed by atoms with Crippen LogP contribution in [0, 0.1) is 0 Å². The molecule has 0 aromatic heterocycles. The van der Waals surface area contributed by atoms with E-state index in [0.717, 1.165) is 10.6 Å². The quantitative estimate of drug-likeness (QED) is 0.589. The Morgan fingerprint density at radius 1 is 1.50 bits per heavy atom. The molecule has 0 heterocycles. The van der Waals surface area contributed by atoms with Crippen molar-refractivity contribution in [3.05, 3.63) is 28.8 Å². The summed E-state index contributed by atoms with van der Waals surface area (Å²) >= 11 is 7.50. The molecule has 0 amide bonds. The lowest BCUT2D eigenvalue weighted by atomic mass is 10.2. The van der Waals surface area contributed by atoms with Gasteiger partial charge < -0.3 is 4.74 Å². The smallest absolute Gasteiger partial charge is 0.337 e. The number of hydrogen-bond acceptors (Lipinski definition) is 3. The molecule has 14 heavy (non-hydrogen) atoms. The van der Waals surface area contributed by atoms with Gasteiger partial charge in [0.15, 0.2) is 0 Å². The van der Waals surface area contributed by atoms with Crippen molar-refractivity contribution in [2.45, 2.75) is 11.8 Å². The van der Waals surface area contributed by atoms with Crippen molar-refractivity contribution in [1.82, 2.24) is 0 Å². The summed E-state index contributed by atoms with van der Waals surface area (Å²) in [7, 11) is 1.36. The fraction of sp³-hybridized carbons (Fsp3) is 0.300. The van der Waals surface area contributed by atoms with E-state index in [1.807, 2.05) is 13.0 Å². The van der Waals surface area contributed by atoms with Gasteiger partial charge in [-0.1, -0.05) is 18.5 Å². The van der Waals surface area contributed by atoms with Gasteiger partial charge in [0.25, 0.3) is 0 Å². The average Bonchev–Trinajstić information content (AvgIpc) is 2.16. The van der Waals surface area contributed by atoms with Gasteiger partial charge in [-0.25, -0.2) is 4.79 Å². The lowest BCUT2D eigenvalue weighted by Crippen LogP contribution is -2.00. The molecule has 1 aromatic rings. The molecule has 0 saturated heterocycles. The summed E-state index contributed by atoms with van der Waals surface area (Å²) in [6.07, 6.45) is 0. The second kappa shape index (κ2) is 5.27. The number of ether oxygens (including phenoxy) is 1. The minimum atomic E-state index is -0.356. The molecule has 0 saturated carbocycles. The third kappa shape index (κ3) is 2.93. The maximum absolute atomic E-state index is 11.2. The van der Waals surface area contributed by atoms with Gasteiger partial charge in [-0.15, -0.1) is 11.8 Å². The first kappa shape index (κ1) is 11.4. The lowest BCUT2D eigenvalue weighted by molar-refractivity contribution is 0.0600. The van der Waals surface area contributed by atoms with Crippen LogP contribution in [0.3, 0.4) is 0 Å². The molecule has 0 aliphatic carbocycles. The SMILES string of the molecule is CCSc1cc(Cl)cc(C(=O)OC)c1. The normalized spacial score (nSPS) is 9.93. The van der Waals surface area contributed by atoms with Crippen LogP contribution in [0.4, 0.5) is 0 Å². The van der Waals surface area contributed by atoms with E-state index in [0.29, 0.717) is 10.6 Å². The maximum atomic E-state index is 11.2. The average molecular weight is 231 g/mol. The highest BCUT2D eigenvalue weighted by Crippen LogP contribution is 2.24. The number of rotatable bonds is 3. The third-order valence-corrected chi connectivity index (χ3v) is 2.68. The van der Waals surface area contributed by atoms with E-state index >= 15 is 0 Å². The van der Waals surface area contributed by atoms with Crippen LogP contribution in [0.25, 0.3) is 0 Å². The van der Waals surface area contributed by atoms with Crippen LogP contribution in [-0.4, -0.2) is 18.8 Å². The first-order chi connectivity index (χ1) is 6.67. The molecule has 0 aliphatic rings. The van der Waals surface area contributed by atoms with Crippen LogP contribution in [0.5, 0.6) is 0 Å². The second-order valence-electron chi connectivity index (χ2n) is 2.60. The van der Waals surface area contributed by atoms with Gasteiger partial charge >= 0.3 is 5.97 Å². The van der Waals surface area contributed by atoms with Gasteiger partial charge in [0.1, 0.15) is 0 Å². The predicted molar refractivity (Wildman–Crippen MR) is 59.2 cm³/mol. The van der Waals surface area contributed by atoms with Gasteiger partial charge in [0.05, 0.1) is 12.7 Å². The highest BCUT2D eigenvalue weighted by atomic mass is 35.5. The molecule has 0 fully saturated rings. The first-order valence-corrected chi connectivity index (χ1v) is 5.55. The van der Waals surface area contributed by atoms with E-state index < -0.39 is 0 Å². The number of carbonyl (C=O) groups excluding carboxylic acids is 1. The summed E-state index contributed by atoms with van der Waals surface area (Å²) in [6.45, 7) is 2.05. The summed E-state index contributed by atoms with van der Waals surface area (Å²) < 4.78 is 4.62. The number of carbonyl (C=O) groups is 1. The molecule has 0 unspecified atom stereocenters. The number of thioether (sulfide) groups is 1. The fourth-order valence-electron chi connectivity index (χ4n) is 1.05. The van der Waals surface area contributed by atoms with E-state index in [4.69, 9.17) is 11.6 Å². The fourth-order valence-corrected chi connectivity index (χ4v) is 2.10. The van der Waals surface area contributed by atoms with Crippen LogP contribution in [0.1, 0.15) is 17.3 Å². The number of hydrogen-bond donors (Lipinski definition) is 0. The molecule has 0 N–H and O–H groups in total. The Kier molecular flexibility index (Phi) is 4.29. The van der Waals surface area contributed by atoms with Crippen LogP contribution >= 0.6 is 23.4 Å². The topological polar surface area (TPSA) is 26.3 Å². The highest BCUT2D eigenvalue weighted by Gasteiger charge is 2.07. The number of methoxy groups -OCH3 is 1. The van der Waals surface area contributed by atoms with Crippen molar-refractivity contribution in [2.24, 2.45) is 0 Å². The predicted octanol–water partition coefficient (Wildman–Crippen LogP) is 3.24. The zero-order chi connectivity index (χ0) is 10.6. The summed E-state index contributed by atoms with van der Waals surface area (Å²) in [6, 6.07) is 5.22. The van der Waals surface area contributed by atoms with Crippen molar-refractivity contribution in [3.8, 4) is 0 Å². The van der Waals surface area contributed by atoms with E-state index in [2.05, 4.69) is 4.74 Å². The monoisotopic (exact) mass is 230 g/mol. The molecular weight excluding hydrogens is 220 g/mol. The molecule has 0 bridgehead atoms. The second-order valence-corrected chi connectivity index (χ2v) is 4.37. The molecule has 1 aromatic carbocycles. The molecule has 76 valence electrons. The largest absolute Gasteiger partial charge is 0.465 e. The Bertz CT molecular complexity index is 339. The summed E-state index contributed by atoms with van der Waals surface area (Å²) in [4.78, 5) is 12.2. The van der Waals surface area contributed by atoms with E-state index in [1.165, 1.54) is 7.11 Å². The maximum Gasteiger partial charge on any atom is 0.337 e. The van der Waals surface area contributed by atoms with E-state index in [-0.39, 0.29) is 5.97 Å². The molecule has 1 rings (SSSR count). The minimum Gasteiger partial charge on any atom is -0.465 e. The Morgan fingerprint density at radius 2 is 2.21 bits per heavy atom.